The van der Waals surface area contributed by atoms with Gasteiger partial charge in [0, 0.05) is 19.7 Å². The molecule has 2 fully saturated rings. The van der Waals surface area contributed by atoms with Crippen LogP contribution in [0, 0.1) is 5.92 Å². The molecule has 0 bridgehead atoms. The first-order valence-electron chi connectivity index (χ1n) is 6.77. The van der Waals surface area contributed by atoms with Crippen molar-refractivity contribution < 1.29 is 9.53 Å². The van der Waals surface area contributed by atoms with Crippen molar-refractivity contribution in [2.45, 2.75) is 44.7 Å². The molecule has 2 saturated heterocycles. The predicted molar refractivity (Wildman–Crippen MR) is 66.8 cm³/mol. The van der Waals surface area contributed by atoms with Crippen molar-refractivity contribution in [2.24, 2.45) is 5.92 Å². The molecular weight excluding hydrogens is 216 g/mol. The Morgan fingerprint density at radius 1 is 1.41 bits per heavy atom. The van der Waals surface area contributed by atoms with Gasteiger partial charge in [-0.3, -0.25) is 4.79 Å². The monoisotopic (exact) mass is 240 g/mol. The Kier molecular flexibility index (Phi) is 4.40. The number of hydrogen-bond acceptors (Lipinski definition) is 3. The molecule has 0 radical (unpaired) electrons. The minimum atomic E-state index is 0.168. The van der Waals surface area contributed by atoms with Crippen LogP contribution in [0.3, 0.4) is 0 Å². The number of nitrogens with one attached hydrogen (secondary N) is 1. The van der Waals surface area contributed by atoms with Crippen molar-refractivity contribution in [3.63, 3.8) is 0 Å². The minimum absolute atomic E-state index is 0.168. The van der Waals surface area contributed by atoms with Crippen molar-refractivity contribution in [1.82, 2.24) is 10.2 Å². The molecule has 0 unspecified atom stereocenters. The molecule has 0 aromatic carbocycles. The fourth-order valence-corrected chi connectivity index (χ4v) is 3.09. The number of carbonyl (C=O) groups is 1. The molecule has 2 aliphatic heterocycles. The van der Waals surface area contributed by atoms with E-state index in [9.17, 15) is 4.79 Å². The van der Waals surface area contributed by atoms with E-state index in [1.165, 1.54) is 0 Å². The van der Waals surface area contributed by atoms with Crippen LogP contribution in [-0.2, 0) is 9.53 Å². The SMILES string of the molecule is COC[C@@H]1CCCN1C(=O)[C@@H]1CCCN[C@@H]1C. The van der Waals surface area contributed by atoms with Gasteiger partial charge >= 0.3 is 0 Å². The summed E-state index contributed by atoms with van der Waals surface area (Å²) in [5, 5.41) is 3.40. The lowest BCUT2D eigenvalue weighted by Crippen LogP contribution is -2.50. The van der Waals surface area contributed by atoms with E-state index in [1.54, 1.807) is 7.11 Å². The number of carbonyl (C=O) groups excluding carboxylic acids is 1. The first-order valence-corrected chi connectivity index (χ1v) is 6.77. The van der Waals surface area contributed by atoms with Crippen molar-refractivity contribution in [2.75, 3.05) is 26.8 Å². The average molecular weight is 240 g/mol. The van der Waals surface area contributed by atoms with Crippen molar-refractivity contribution in [3.8, 4) is 0 Å². The maximum Gasteiger partial charge on any atom is 0.227 e. The Hall–Kier alpha value is -0.610. The van der Waals surface area contributed by atoms with E-state index in [-0.39, 0.29) is 5.92 Å². The lowest BCUT2D eigenvalue weighted by molar-refractivity contribution is -0.139. The number of hydrogen-bond donors (Lipinski definition) is 1. The van der Waals surface area contributed by atoms with Crippen molar-refractivity contribution >= 4 is 5.91 Å². The summed E-state index contributed by atoms with van der Waals surface area (Å²) in [4.78, 5) is 14.6. The Balaban J connectivity index is 1.97. The third-order valence-corrected chi connectivity index (χ3v) is 4.10. The third-order valence-electron chi connectivity index (χ3n) is 4.10. The maximum absolute atomic E-state index is 12.5. The molecule has 17 heavy (non-hydrogen) atoms. The van der Waals surface area contributed by atoms with E-state index >= 15 is 0 Å². The summed E-state index contributed by atoms with van der Waals surface area (Å²) in [6.07, 6.45) is 4.36. The average Bonchev–Trinajstić information content (AvgIpc) is 2.78. The van der Waals surface area contributed by atoms with Crippen molar-refractivity contribution in [1.29, 1.82) is 0 Å². The molecule has 0 saturated carbocycles. The number of ether oxygens (including phenoxy) is 1. The second-order valence-electron chi connectivity index (χ2n) is 5.27. The van der Waals surface area contributed by atoms with Gasteiger partial charge in [-0.05, 0) is 39.2 Å². The van der Waals surface area contributed by atoms with Crippen LogP contribution in [0.15, 0.2) is 0 Å². The summed E-state index contributed by atoms with van der Waals surface area (Å²) >= 11 is 0. The fraction of sp³-hybridized carbons (Fsp3) is 0.923. The summed E-state index contributed by atoms with van der Waals surface area (Å²) in [6.45, 7) is 4.77. The van der Waals surface area contributed by atoms with Crippen LogP contribution in [0.5, 0.6) is 0 Å². The van der Waals surface area contributed by atoms with Gasteiger partial charge in [0.15, 0.2) is 0 Å². The Morgan fingerprint density at radius 3 is 2.94 bits per heavy atom. The topological polar surface area (TPSA) is 41.6 Å². The number of nitrogens with zero attached hydrogens (tertiary/aromatic N) is 1. The molecule has 2 aliphatic rings. The van der Waals surface area contributed by atoms with Gasteiger partial charge < -0.3 is 15.0 Å². The second kappa shape index (κ2) is 5.83. The highest BCUT2D eigenvalue weighted by molar-refractivity contribution is 5.80. The summed E-state index contributed by atoms with van der Waals surface area (Å²) in [5.41, 5.74) is 0. The highest BCUT2D eigenvalue weighted by Crippen LogP contribution is 2.25. The van der Waals surface area contributed by atoms with Gasteiger partial charge in [-0.1, -0.05) is 0 Å². The van der Waals surface area contributed by atoms with Gasteiger partial charge in [-0.15, -0.1) is 0 Å². The zero-order valence-electron chi connectivity index (χ0n) is 10.9. The van der Waals surface area contributed by atoms with E-state index in [0.29, 0.717) is 24.6 Å². The van der Waals surface area contributed by atoms with Crippen LogP contribution < -0.4 is 5.32 Å². The molecule has 98 valence electrons. The third kappa shape index (κ3) is 2.80. The summed E-state index contributed by atoms with van der Waals surface area (Å²) in [6, 6.07) is 0.627. The van der Waals surface area contributed by atoms with E-state index in [1.807, 2.05) is 0 Å². The number of amides is 1. The molecule has 2 rings (SSSR count). The number of methoxy groups -OCH3 is 1. The molecule has 4 nitrogen and oxygen atoms in total. The summed E-state index contributed by atoms with van der Waals surface area (Å²) in [5.74, 6) is 0.505. The summed E-state index contributed by atoms with van der Waals surface area (Å²) in [7, 11) is 1.71. The fourth-order valence-electron chi connectivity index (χ4n) is 3.09. The van der Waals surface area contributed by atoms with Crippen molar-refractivity contribution in [3.05, 3.63) is 0 Å². The molecule has 4 heteroatoms. The molecule has 3 atom stereocenters. The highest BCUT2D eigenvalue weighted by Gasteiger charge is 2.36. The van der Waals surface area contributed by atoms with Gasteiger partial charge in [0.05, 0.1) is 18.6 Å². The van der Waals surface area contributed by atoms with Crippen LogP contribution in [0.1, 0.15) is 32.6 Å². The van der Waals surface area contributed by atoms with E-state index in [2.05, 4.69) is 17.1 Å². The zero-order valence-corrected chi connectivity index (χ0v) is 10.9. The van der Waals surface area contributed by atoms with Gasteiger partial charge in [-0.2, -0.15) is 0 Å². The highest BCUT2D eigenvalue weighted by atomic mass is 16.5. The Bertz CT molecular complexity index is 270. The number of likely N-dealkylation sites (tertiary alicyclic amines) is 1. The van der Waals surface area contributed by atoms with Gasteiger partial charge in [0.2, 0.25) is 5.91 Å². The quantitative estimate of drug-likeness (QED) is 0.800. The predicted octanol–water partition coefficient (Wildman–Crippen LogP) is 1.01. The molecule has 1 N–H and O–H groups in total. The van der Waals surface area contributed by atoms with Crippen LogP contribution in [0.25, 0.3) is 0 Å². The van der Waals surface area contributed by atoms with Gasteiger partial charge in [-0.25, -0.2) is 0 Å². The van der Waals surface area contributed by atoms with Gasteiger partial charge in [0.25, 0.3) is 0 Å². The zero-order chi connectivity index (χ0) is 12.3. The largest absolute Gasteiger partial charge is 0.383 e. The van der Waals surface area contributed by atoms with Gasteiger partial charge in [0.1, 0.15) is 0 Å². The van der Waals surface area contributed by atoms with Crippen LogP contribution in [0.2, 0.25) is 0 Å². The van der Waals surface area contributed by atoms with Crippen LogP contribution >= 0.6 is 0 Å². The maximum atomic E-state index is 12.5. The normalized spacial score (nSPS) is 34.0. The molecule has 0 spiro atoms. The van der Waals surface area contributed by atoms with E-state index in [0.717, 1.165) is 38.8 Å². The molecule has 1 amide bonds. The smallest absolute Gasteiger partial charge is 0.227 e. The standard InChI is InChI=1S/C13H24N2O2/c1-10-12(6-3-7-14-10)13(16)15-8-4-5-11(15)9-17-2/h10-12,14H,3-9H2,1-2H3/t10-,11+,12-/m1/s1. The molecular formula is C13H24N2O2. The van der Waals surface area contributed by atoms with E-state index < -0.39 is 0 Å². The molecule has 0 aromatic rings. The molecule has 0 aromatic heterocycles. The Labute approximate surface area is 104 Å². The van der Waals surface area contributed by atoms with E-state index in [4.69, 9.17) is 4.74 Å². The number of rotatable bonds is 3. The second-order valence-corrected chi connectivity index (χ2v) is 5.27. The first kappa shape index (κ1) is 12.8. The lowest BCUT2D eigenvalue weighted by Gasteiger charge is -2.34. The van der Waals surface area contributed by atoms with Crippen LogP contribution in [0.4, 0.5) is 0 Å². The minimum Gasteiger partial charge on any atom is -0.383 e. The summed E-state index contributed by atoms with van der Waals surface area (Å²) < 4.78 is 5.21. The lowest BCUT2D eigenvalue weighted by atomic mass is 9.90. The van der Waals surface area contributed by atoms with Crippen LogP contribution in [-0.4, -0.2) is 49.7 Å². The number of piperidine rings is 1. The Morgan fingerprint density at radius 2 is 2.24 bits per heavy atom. The molecule has 0 aliphatic carbocycles. The molecule has 2 heterocycles. The first-order chi connectivity index (χ1) is 8.24.